The first-order valence-electron chi connectivity index (χ1n) is 7.03. The quantitative estimate of drug-likeness (QED) is 0.353. The molecule has 1 rings (SSSR count). The van der Waals surface area contributed by atoms with Gasteiger partial charge < -0.3 is 4.43 Å². The Morgan fingerprint density at radius 3 is 2.47 bits per heavy atom. The Balaban J connectivity index is 2.11. The van der Waals surface area contributed by atoms with Crippen LogP contribution in [0.25, 0.3) is 0 Å². The van der Waals surface area contributed by atoms with Gasteiger partial charge in [-0.3, -0.25) is 0 Å². The maximum atomic E-state index is 6.19. The van der Waals surface area contributed by atoms with Gasteiger partial charge in [0.2, 0.25) is 0 Å². The molecule has 0 N–H and O–H groups in total. The minimum atomic E-state index is -1.50. The molecule has 0 unspecified atom stereocenters. The molecule has 0 bridgehead atoms. The largest absolute Gasteiger partial charge is 0.417 e. The number of allylic oxidation sites excluding steroid dienone is 1. The van der Waals surface area contributed by atoms with E-state index < -0.39 is 8.32 Å². The first kappa shape index (κ1) is 15.0. The lowest BCUT2D eigenvalue weighted by Gasteiger charge is -2.36. The van der Waals surface area contributed by atoms with Gasteiger partial charge in [-0.25, -0.2) is 0 Å². The molecule has 0 saturated heterocycles. The van der Waals surface area contributed by atoms with Gasteiger partial charge in [0.15, 0.2) is 8.32 Å². The van der Waals surface area contributed by atoms with Gasteiger partial charge >= 0.3 is 0 Å². The summed E-state index contributed by atoms with van der Waals surface area (Å²) >= 11 is 0. The van der Waals surface area contributed by atoms with E-state index >= 15 is 0 Å². The topological polar surface area (TPSA) is 9.23 Å². The molecule has 0 aliphatic heterocycles. The van der Waals surface area contributed by atoms with Crippen molar-refractivity contribution in [2.24, 2.45) is 11.8 Å². The molecule has 0 radical (unpaired) electrons. The van der Waals surface area contributed by atoms with Crippen LogP contribution in [-0.2, 0) is 4.43 Å². The smallest absolute Gasteiger partial charge is 0.191 e. The van der Waals surface area contributed by atoms with Gasteiger partial charge in [-0.1, -0.05) is 26.8 Å². The minimum Gasteiger partial charge on any atom is -0.417 e. The van der Waals surface area contributed by atoms with Gasteiger partial charge in [0, 0.05) is 6.61 Å². The average molecular weight is 254 g/mol. The van der Waals surface area contributed by atoms with Gasteiger partial charge in [-0.05, 0) is 55.7 Å². The van der Waals surface area contributed by atoms with Crippen molar-refractivity contribution in [3.05, 3.63) is 12.7 Å². The zero-order valence-electron chi connectivity index (χ0n) is 12.4. The molecule has 0 aromatic rings. The van der Waals surface area contributed by atoms with Crippen LogP contribution < -0.4 is 0 Å². The van der Waals surface area contributed by atoms with Crippen molar-refractivity contribution in [1.29, 1.82) is 0 Å². The third-order valence-electron chi connectivity index (χ3n) is 4.53. The summed E-state index contributed by atoms with van der Waals surface area (Å²) in [5, 5.41) is 0.345. The molecule has 1 fully saturated rings. The van der Waals surface area contributed by atoms with Gasteiger partial charge in [0.1, 0.15) is 0 Å². The van der Waals surface area contributed by atoms with Crippen molar-refractivity contribution in [3.8, 4) is 0 Å². The normalized spacial score (nSPS) is 24.8. The fourth-order valence-corrected chi connectivity index (χ4v) is 3.14. The fourth-order valence-electron chi connectivity index (χ4n) is 2.06. The van der Waals surface area contributed by atoms with Crippen LogP contribution in [0.15, 0.2) is 12.7 Å². The highest BCUT2D eigenvalue weighted by Gasteiger charge is 2.38. The molecule has 100 valence electrons. The molecule has 0 spiro atoms. The minimum absolute atomic E-state index is 0.345. The molecule has 17 heavy (non-hydrogen) atoms. The zero-order valence-corrected chi connectivity index (χ0v) is 13.4. The Bertz CT molecular complexity index is 252. The van der Waals surface area contributed by atoms with Crippen molar-refractivity contribution in [1.82, 2.24) is 0 Å². The highest BCUT2D eigenvalue weighted by Crippen LogP contribution is 2.44. The third kappa shape index (κ3) is 4.59. The zero-order chi connectivity index (χ0) is 13.1. The molecule has 0 aromatic heterocycles. The van der Waals surface area contributed by atoms with E-state index in [-0.39, 0.29) is 0 Å². The summed E-state index contributed by atoms with van der Waals surface area (Å²) in [4.78, 5) is 0. The summed E-state index contributed by atoms with van der Waals surface area (Å²) in [6.45, 7) is 16.4. The molecule has 2 atom stereocenters. The first-order valence-corrected chi connectivity index (χ1v) is 9.93. The second kappa shape index (κ2) is 5.70. The molecule has 1 aliphatic rings. The predicted molar refractivity (Wildman–Crippen MR) is 78.8 cm³/mol. The average Bonchev–Trinajstić information content (AvgIpc) is 2.90. The Labute approximate surface area is 109 Å². The number of hydrogen-bond donors (Lipinski definition) is 0. The fraction of sp³-hybridized carbons (Fsp3) is 0.867. The van der Waals surface area contributed by atoms with Crippen LogP contribution in [0, 0.1) is 11.8 Å². The van der Waals surface area contributed by atoms with Crippen LogP contribution in [0.1, 0.15) is 46.5 Å². The number of hydrogen-bond acceptors (Lipinski definition) is 1. The van der Waals surface area contributed by atoms with E-state index in [1.165, 1.54) is 25.7 Å². The Morgan fingerprint density at radius 1 is 1.29 bits per heavy atom. The van der Waals surface area contributed by atoms with Crippen LogP contribution in [0.5, 0.6) is 0 Å². The standard InChI is InChI=1S/C15H30OSi/c1-7-9-13-12-14(13)10-8-11-16-17(5,6)15(2,3)4/h7,13-14H,1,8-12H2,2-6H3/t13-,14+/m1/s1. The van der Waals surface area contributed by atoms with E-state index in [9.17, 15) is 0 Å². The lowest BCUT2D eigenvalue weighted by molar-refractivity contribution is 0.275. The Morgan fingerprint density at radius 2 is 1.94 bits per heavy atom. The molecule has 2 heteroatoms. The van der Waals surface area contributed by atoms with Crippen molar-refractivity contribution in [3.63, 3.8) is 0 Å². The van der Waals surface area contributed by atoms with E-state index in [0.717, 1.165) is 18.4 Å². The van der Waals surface area contributed by atoms with Crippen LogP contribution >= 0.6 is 0 Å². The molecular formula is C15H30OSi. The highest BCUT2D eigenvalue weighted by molar-refractivity contribution is 6.74. The summed E-state index contributed by atoms with van der Waals surface area (Å²) in [7, 11) is -1.50. The van der Waals surface area contributed by atoms with Crippen molar-refractivity contribution in [2.45, 2.75) is 64.6 Å². The lowest BCUT2D eigenvalue weighted by Crippen LogP contribution is -2.40. The molecule has 1 aliphatic carbocycles. The van der Waals surface area contributed by atoms with Crippen LogP contribution in [0.2, 0.25) is 18.1 Å². The summed E-state index contributed by atoms with van der Waals surface area (Å²) in [5.41, 5.74) is 0. The summed E-state index contributed by atoms with van der Waals surface area (Å²) in [5.74, 6) is 1.91. The van der Waals surface area contributed by atoms with E-state index in [0.29, 0.717) is 5.04 Å². The molecule has 0 amide bonds. The second-order valence-electron chi connectivity index (χ2n) is 7.03. The summed E-state index contributed by atoms with van der Waals surface area (Å²) in [6, 6.07) is 0. The van der Waals surface area contributed by atoms with Gasteiger partial charge in [-0.2, -0.15) is 0 Å². The van der Waals surface area contributed by atoms with Gasteiger partial charge in [0.25, 0.3) is 0 Å². The highest BCUT2D eigenvalue weighted by atomic mass is 28.4. The molecular weight excluding hydrogens is 224 g/mol. The predicted octanol–water partition coefficient (Wildman–Crippen LogP) is 5.00. The van der Waals surface area contributed by atoms with E-state index in [1.807, 2.05) is 0 Å². The molecule has 0 aromatic carbocycles. The maximum absolute atomic E-state index is 6.19. The molecule has 1 saturated carbocycles. The van der Waals surface area contributed by atoms with E-state index in [2.05, 4.69) is 46.5 Å². The molecule has 1 nitrogen and oxygen atoms in total. The van der Waals surface area contributed by atoms with Gasteiger partial charge in [0.05, 0.1) is 0 Å². The van der Waals surface area contributed by atoms with Crippen LogP contribution in [-0.4, -0.2) is 14.9 Å². The van der Waals surface area contributed by atoms with E-state index in [1.54, 1.807) is 0 Å². The monoisotopic (exact) mass is 254 g/mol. The maximum Gasteiger partial charge on any atom is 0.191 e. The summed E-state index contributed by atoms with van der Waals surface area (Å²) in [6.07, 6.45) is 7.30. The van der Waals surface area contributed by atoms with Crippen LogP contribution in [0.3, 0.4) is 0 Å². The van der Waals surface area contributed by atoms with Crippen LogP contribution in [0.4, 0.5) is 0 Å². The van der Waals surface area contributed by atoms with Gasteiger partial charge in [-0.15, -0.1) is 6.58 Å². The molecule has 0 heterocycles. The Hall–Kier alpha value is -0.0831. The number of rotatable bonds is 7. The summed E-state index contributed by atoms with van der Waals surface area (Å²) < 4.78 is 6.19. The lowest BCUT2D eigenvalue weighted by atomic mass is 10.1. The van der Waals surface area contributed by atoms with E-state index in [4.69, 9.17) is 4.43 Å². The van der Waals surface area contributed by atoms with Crippen molar-refractivity contribution >= 4 is 8.32 Å². The van der Waals surface area contributed by atoms with Crippen molar-refractivity contribution < 1.29 is 4.43 Å². The van der Waals surface area contributed by atoms with Crippen molar-refractivity contribution in [2.75, 3.05) is 6.61 Å². The first-order chi connectivity index (χ1) is 7.78. The Kier molecular flexibility index (Phi) is 5.03. The SMILES string of the molecule is C=CC[C@@H]1C[C@@H]1CCCO[Si](C)(C)C(C)(C)C. The third-order valence-corrected chi connectivity index (χ3v) is 9.06. The second-order valence-corrected chi connectivity index (χ2v) is 11.8.